The third-order valence-corrected chi connectivity index (χ3v) is 3.70. The smallest absolute Gasteiger partial charge is 0.355 e. The number of esters is 1. The molecule has 0 radical (unpaired) electrons. The Bertz CT molecular complexity index is 767. The first-order valence-corrected chi connectivity index (χ1v) is 7.58. The number of hydrogen-bond acceptors (Lipinski definition) is 4. The van der Waals surface area contributed by atoms with Crippen LogP contribution in [-0.2, 0) is 9.53 Å². The van der Waals surface area contributed by atoms with Gasteiger partial charge in [0.2, 0.25) is 0 Å². The van der Waals surface area contributed by atoms with Crippen LogP contribution in [-0.4, -0.2) is 29.3 Å². The van der Waals surface area contributed by atoms with Crippen molar-refractivity contribution in [2.45, 2.75) is 13.8 Å². The summed E-state index contributed by atoms with van der Waals surface area (Å²) in [5.74, 6) is -1.32. The lowest BCUT2D eigenvalue weighted by molar-refractivity contribution is -0.119. The van der Waals surface area contributed by atoms with Crippen LogP contribution < -0.4 is 5.32 Å². The second kappa shape index (κ2) is 7.23. The third-order valence-electron chi connectivity index (χ3n) is 3.04. The van der Waals surface area contributed by atoms with Gasteiger partial charge in [0, 0.05) is 16.2 Å². The fraction of sp³-hybridized carbons (Fsp3) is 0.188. The van der Waals surface area contributed by atoms with Crippen LogP contribution in [0.25, 0.3) is 0 Å². The predicted molar refractivity (Wildman–Crippen MR) is 88.6 cm³/mol. The molecule has 0 bridgehead atoms. The number of carbonyl (C=O) groups excluding carboxylic acids is 3. The molecule has 1 amide bonds. The first-order valence-electron chi connectivity index (χ1n) is 6.79. The molecule has 6 nitrogen and oxygen atoms in total. The van der Waals surface area contributed by atoms with Crippen molar-refractivity contribution in [3.8, 4) is 0 Å². The Kier molecular flexibility index (Phi) is 5.33. The quantitative estimate of drug-likeness (QED) is 0.617. The van der Waals surface area contributed by atoms with Crippen molar-refractivity contribution >= 4 is 39.3 Å². The zero-order chi connectivity index (χ0) is 17.0. The largest absolute Gasteiger partial charge is 0.451 e. The summed E-state index contributed by atoms with van der Waals surface area (Å²) in [4.78, 5) is 37.4. The molecule has 0 spiro atoms. The van der Waals surface area contributed by atoms with Gasteiger partial charge in [-0.15, -0.1) is 0 Å². The molecule has 0 saturated heterocycles. The van der Waals surface area contributed by atoms with Gasteiger partial charge in [-0.25, -0.2) is 4.79 Å². The van der Waals surface area contributed by atoms with Gasteiger partial charge in [0.15, 0.2) is 12.4 Å². The van der Waals surface area contributed by atoms with E-state index in [0.717, 1.165) is 10.0 Å². The Morgan fingerprint density at radius 1 is 1.26 bits per heavy atom. The van der Waals surface area contributed by atoms with Crippen LogP contribution in [0.5, 0.6) is 0 Å². The third kappa shape index (κ3) is 4.53. The van der Waals surface area contributed by atoms with Crippen LogP contribution in [0.2, 0.25) is 0 Å². The van der Waals surface area contributed by atoms with Crippen LogP contribution in [0, 0.1) is 6.92 Å². The summed E-state index contributed by atoms with van der Waals surface area (Å²) >= 11 is 3.35. The molecule has 2 rings (SSSR count). The Balaban J connectivity index is 1.90. The van der Waals surface area contributed by atoms with Crippen molar-refractivity contribution in [2.75, 3.05) is 11.9 Å². The molecule has 23 heavy (non-hydrogen) atoms. The maximum Gasteiger partial charge on any atom is 0.355 e. The van der Waals surface area contributed by atoms with Gasteiger partial charge in [-0.1, -0.05) is 6.07 Å². The molecule has 0 fully saturated rings. The maximum absolute atomic E-state index is 11.8. The summed E-state index contributed by atoms with van der Waals surface area (Å²) in [7, 11) is 0. The van der Waals surface area contributed by atoms with E-state index in [0.29, 0.717) is 11.3 Å². The van der Waals surface area contributed by atoms with Crippen LogP contribution in [0.4, 0.5) is 5.69 Å². The van der Waals surface area contributed by atoms with Gasteiger partial charge in [0.1, 0.15) is 5.69 Å². The number of ketones is 1. The number of aromatic amines is 1. The van der Waals surface area contributed by atoms with Crippen LogP contribution >= 0.6 is 15.9 Å². The highest BCUT2D eigenvalue weighted by molar-refractivity contribution is 9.10. The van der Waals surface area contributed by atoms with E-state index in [1.807, 2.05) is 19.1 Å². The topological polar surface area (TPSA) is 88.3 Å². The normalized spacial score (nSPS) is 10.2. The summed E-state index contributed by atoms with van der Waals surface area (Å²) in [5, 5.41) is 2.64. The summed E-state index contributed by atoms with van der Waals surface area (Å²) in [6.45, 7) is 2.91. The van der Waals surface area contributed by atoms with Crippen molar-refractivity contribution in [3.05, 3.63) is 51.8 Å². The Morgan fingerprint density at radius 2 is 2.00 bits per heavy atom. The van der Waals surface area contributed by atoms with Crippen molar-refractivity contribution in [1.29, 1.82) is 0 Å². The summed E-state index contributed by atoms with van der Waals surface area (Å²) < 4.78 is 5.65. The maximum atomic E-state index is 11.8. The van der Waals surface area contributed by atoms with Gasteiger partial charge < -0.3 is 15.0 Å². The van der Waals surface area contributed by atoms with E-state index in [1.54, 1.807) is 6.07 Å². The lowest BCUT2D eigenvalue weighted by Gasteiger charge is -2.08. The molecule has 1 aromatic carbocycles. The molecule has 0 aliphatic carbocycles. The molecular weight excluding hydrogens is 364 g/mol. The average molecular weight is 379 g/mol. The molecule has 1 heterocycles. The molecule has 0 saturated carbocycles. The highest BCUT2D eigenvalue weighted by atomic mass is 79.9. The number of Topliss-reactive ketones (excluding diaryl/α,β-unsaturated/α-hetero) is 1. The van der Waals surface area contributed by atoms with E-state index < -0.39 is 18.5 Å². The molecular formula is C16H15BrN2O4. The first kappa shape index (κ1) is 17.0. The van der Waals surface area contributed by atoms with Gasteiger partial charge in [-0.3, -0.25) is 9.59 Å². The second-order valence-electron chi connectivity index (χ2n) is 4.97. The van der Waals surface area contributed by atoms with E-state index in [2.05, 4.69) is 26.2 Å². The number of aryl methyl sites for hydroxylation is 1. The number of nitrogens with one attached hydrogen (secondary N) is 2. The van der Waals surface area contributed by atoms with E-state index in [-0.39, 0.29) is 11.5 Å². The lowest BCUT2D eigenvalue weighted by atomic mass is 10.2. The highest BCUT2D eigenvalue weighted by Gasteiger charge is 2.14. The number of hydrogen-bond donors (Lipinski definition) is 2. The fourth-order valence-electron chi connectivity index (χ4n) is 1.83. The Labute approximate surface area is 141 Å². The minimum absolute atomic E-state index is 0.125. The molecule has 0 aliphatic rings. The molecule has 120 valence electrons. The second-order valence-corrected chi connectivity index (χ2v) is 5.82. The van der Waals surface area contributed by atoms with Crippen LogP contribution in [0.15, 0.2) is 34.9 Å². The fourth-order valence-corrected chi connectivity index (χ4v) is 2.42. The van der Waals surface area contributed by atoms with E-state index >= 15 is 0 Å². The number of H-pyrrole nitrogens is 1. The molecule has 0 aliphatic heterocycles. The monoisotopic (exact) mass is 378 g/mol. The van der Waals surface area contributed by atoms with Gasteiger partial charge in [-0.2, -0.15) is 0 Å². The number of anilines is 1. The minimum atomic E-state index is -0.698. The lowest BCUT2D eigenvalue weighted by Crippen LogP contribution is -2.21. The van der Waals surface area contributed by atoms with Gasteiger partial charge in [0.25, 0.3) is 5.91 Å². The van der Waals surface area contributed by atoms with E-state index in [1.165, 1.54) is 19.2 Å². The van der Waals surface area contributed by atoms with Crippen LogP contribution in [0.1, 0.15) is 33.3 Å². The molecule has 1 aromatic heterocycles. The SMILES string of the molecule is CC(=O)c1c[nH]c(C(=O)OCC(=O)Nc2ccc(C)cc2Br)c1. The molecule has 2 N–H and O–H groups in total. The van der Waals surface area contributed by atoms with E-state index in [4.69, 9.17) is 4.74 Å². The van der Waals surface area contributed by atoms with Gasteiger partial charge in [-0.05, 0) is 53.5 Å². The number of rotatable bonds is 5. The van der Waals surface area contributed by atoms with Crippen molar-refractivity contribution in [3.63, 3.8) is 0 Å². The summed E-state index contributed by atoms with van der Waals surface area (Å²) in [6.07, 6.45) is 1.42. The number of benzene rings is 1. The first-order chi connectivity index (χ1) is 10.9. The number of halogens is 1. The number of ether oxygens (including phenoxy) is 1. The number of aromatic nitrogens is 1. The van der Waals surface area contributed by atoms with Gasteiger partial charge in [0.05, 0.1) is 5.69 Å². The number of carbonyl (C=O) groups is 3. The summed E-state index contributed by atoms with van der Waals surface area (Å²) in [6, 6.07) is 6.86. The molecule has 0 unspecified atom stereocenters. The zero-order valence-electron chi connectivity index (χ0n) is 12.6. The van der Waals surface area contributed by atoms with Crippen molar-refractivity contribution in [2.24, 2.45) is 0 Å². The minimum Gasteiger partial charge on any atom is -0.451 e. The Morgan fingerprint density at radius 3 is 2.61 bits per heavy atom. The summed E-state index contributed by atoms with van der Waals surface area (Å²) in [5.41, 5.74) is 2.15. The predicted octanol–water partition coefficient (Wildman–Crippen LogP) is 3.08. The van der Waals surface area contributed by atoms with Gasteiger partial charge >= 0.3 is 5.97 Å². The average Bonchev–Trinajstić information content (AvgIpc) is 2.98. The zero-order valence-corrected chi connectivity index (χ0v) is 14.2. The molecule has 2 aromatic rings. The molecule has 0 atom stereocenters. The standard InChI is InChI=1S/C16H15BrN2O4/c1-9-3-4-13(12(17)5-9)19-15(21)8-23-16(22)14-6-11(7-18-14)10(2)20/h3-7,18H,8H2,1-2H3,(H,19,21). The van der Waals surface area contributed by atoms with E-state index in [9.17, 15) is 14.4 Å². The van der Waals surface area contributed by atoms with Crippen molar-refractivity contribution < 1.29 is 19.1 Å². The number of amides is 1. The molecule has 7 heteroatoms. The highest BCUT2D eigenvalue weighted by Crippen LogP contribution is 2.23. The van der Waals surface area contributed by atoms with Crippen LogP contribution in [0.3, 0.4) is 0 Å². The Hall–Kier alpha value is -2.41. The van der Waals surface area contributed by atoms with Crippen molar-refractivity contribution in [1.82, 2.24) is 4.98 Å².